The zero-order chi connectivity index (χ0) is 21.5. The van der Waals surface area contributed by atoms with Crippen molar-refractivity contribution < 1.29 is 18.9 Å². The van der Waals surface area contributed by atoms with E-state index in [0.717, 1.165) is 56.1 Å². The van der Waals surface area contributed by atoms with Gasteiger partial charge in [-0.1, -0.05) is 55.1 Å². The molecule has 5 nitrogen and oxygen atoms in total. The van der Waals surface area contributed by atoms with Crippen molar-refractivity contribution in [1.29, 1.82) is 0 Å². The van der Waals surface area contributed by atoms with Crippen LogP contribution in [0, 0.1) is 0 Å². The van der Waals surface area contributed by atoms with Crippen molar-refractivity contribution in [3.63, 3.8) is 0 Å². The normalized spacial score (nSPS) is 13.4. The van der Waals surface area contributed by atoms with Gasteiger partial charge >= 0.3 is 0 Å². The van der Waals surface area contributed by atoms with Gasteiger partial charge in [-0.3, -0.25) is 0 Å². The second kappa shape index (κ2) is 7.54. The highest BCUT2D eigenvalue weighted by Gasteiger charge is 2.23. The molecule has 0 saturated carbocycles. The van der Waals surface area contributed by atoms with E-state index in [4.69, 9.17) is 18.9 Å². The van der Waals surface area contributed by atoms with E-state index in [9.17, 15) is 0 Å². The second-order valence-corrected chi connectivity index (χ2v) is 7.72. The molecular formula is C27H21NO4. The molecule has 0 unspecified atom stereocenters. The van der Waals surface area contributed by atoms with Crippen LogP contribution in [-0.4, -0.2) is 13.6 Å². The first kappa shape index (κ1) is 18.6. The average Bonchev–Trinajstić information content (AvgIpc) is 3.50. The molecule has 1 N–H and O–H groups in total. The number of hydrogen-bond acceptors (Lipinski definition) is 5. The third kappa shape index (κ3) is 3.02. The maximum Gasteiger partial charge on any atom is 0.231 e. The third-order valence-corrected chi connectivity index (χ3v) is 5.90. The summed E-state index contributed by atoms with van der Waals surface area (Å²) >= 11 is 0. The topological polar surface area (TPSA) is 49.0 Å². The Hall–Kier alpha value is -4.12. The largest absolute Gasteiger partial charge is 0.454 e. The first-order chi connectivity index (χ1) is 15.8. The number of fused-ring (bicyclic) bond motifs is 3. The summed E-state index contributed by atoms with van der Waals surface area (Å²) in [7, 11) is 0. The van der Waals surface area contributed by atoms with Crippen LogP contribution >= 0.6 is 0 Å². The van der Waals surface area contributed by atoms with Crippen LogP contribution in [0.5, 0.6) is 23.0 Å². The van der Waals surface area contributed by atoms with Crippen molar-refractivity contribution in [2.45, 2.75) is 6.54 Å². The van der Waals surface area contributed by atoms with Gasteiger partial charge in [0.15, 0.2) is 23.0 Å². The van der Waals surface area contributed by atoms with E-state index in [0.29, 0.717) is 6.54 Å². The van der Waals surface area contributed by atoms with Gasteiger partial charge in [-0.2, -0.15) is 0 Å². The summed E-state index contributed by atoms with van der Waals surface area (Å²) in [5.74, 6) is 3.00. The van der Waals surface area contributed by atoms with Gasteiger partial charge in [-0.25, -0.2) is 0 Å². The van der Waals surface area contributed by atoms with Gasteiger partial charge < -0.3 is 24.3 Å². The van der Waals surface area contributed by atoms with Crippen LogP contribution in [0.2, 0.25) is 0 Å². The SMILES string of the molecule is C=Cc1c(-c2ccc3cc4c(cc3c2NCc2ccccc2)OCO4)ccc2c1OCO2. The summed E-state index contributed by atoms with van der Waals surface area (Å²) in [6, 6.07) is 22.7. The van der Waals surface area contributed by atoms with Crippen LogP contribution in [0.3, 0.4) is 0 Å². The van der Waals surface area contributed by atoms with E-state index >= 15 is 0 Å². The molecule has 0 aliphatic carbocycles. The molecule has 0 fully saturated rings. The fourth-order valence-electron chi connectivity index (χ4n) is 4.35. The van der Waals surface area contributed by atoms with Crippen molar-refractivity contribution in [1.82, 2.24) is 0 Å². The minimum Gasteiger partial charge on any atom is -0.454 e. The molecule has 0 aromatic heterocycles. The van der Waals surface area contributed by atoms with Crippen LogP contribution in [-0.2, 0) is 6.54 Å². The number of benzene rings is 4. The fraction of sp³-hybridized carbons (Fsp3) is 0.111. The Morgan fingerprint density at radius 1 is 0.781 bits per heavy atom. The van der Waals surface area contributed by atoms with E-state index in [1.807, 2.05) is 36.4 Å². The van der Waals surface area contributed by atoms with E-state index in [1.165, 1.54) is 5.56 Å². The van der Waals surface area contributed by atoms with Crippen LogP contribution in [0.1, 0.15) is 11.1 Å². The number of anilines is 1. The summed E-state index contributed by atoms with van der Waals surface area (Å²) in [6.45, 7) is 5.19. The summed E-state index contributed by atoms with van der Waals surface area (Å²) in [5, 5.41) is 5.82. The van der Waals surface area contributed by atoms with Gasteiger partial charge in [0.05, 0.1) is 5.69 Å². The predicted octanol–water partition coefficient (Wildman–Crippen LogP) is 6.22. The Labute approximate surface area is 185 Å². The third-order valence-electron chi connectivity index (χ3n) is 5.90. The standard InChI is InChI=1S/C27H21NO4/c1-2-19-20(10-11-23-27(19)32-16-29-23)21-9-8-18-12-24-25(31-15-30-24)13-22(18)26(21)28-14-17-6-4-3-5-7-17/h2-13,28H,1,14-16H2. The Balaban J connectivity index is 1.55. The van der Waals surface area contributed by atoms with Gasteiger partial charge in [0.2, 0.25) is 13.6 Å². The molecule has 32 heavy (non-hydrogen) atoms. The molecule has 4 aromatic carbocycles. The quantitative estimate of drug-likeness (QED) is 0.413. The molecule has 6 rings (SSSR count). The lowest BCUT2D eigenvalue weighted by Crippen LogP contribution is -2.02. The summed E-state index contributed by atoms with van der Waals surface area (Å²) < 4.78 is 22.6. The number of hydrogen-bond donors (Lipinski definition) is 1. The highest BCUT2D eigenvalue weighted by molar-refractivity contribution is 6.04. The van der Waals surface area contributed by atoms with Crippen molar-refractivity contribution in [2.24, 2.45) is 0 Å². The second-order valence-electron chi connectivity index (χ2n) is 7.72. The molecule has 0 bridgehead atoms. The van der Waals surface area contributed by atoms with Crippen LogP contribution in [0.25, 0.3) is 28.0 Å². The maximum absolute atomic E-state index is 5.75. The molecular weight excluding hydrogens is 402 g/mol. The van der Waals surface area contributed by atoms with E-state index in [-0.39, 0.29) is 13.6 Å². The Morgan fingerprint density at radius 3 is 2.38 bits per heavy atom. The minimum absolute atomic E-state index is 0.222. The maximum atomic E-state index is 5.75. The number of rotatable bonds is 5. The smallest absolute Gasteiger partial charge is 0.231 e. The molecule has 158 valence electrons. The van der Waals surface area contributed by atoms with E-state index < -0.39 is 0 Å². The highest BCUT2D eigenvalue weighted by atomic mass is 16.7. The molecule has 2 heterocycles. The molecule has 0 amide bonds. The zero-order valence-electron chi connectivity index (χ0n) is 17.4. The van der Waals surface area contributed by atoms with Crippen molar-refractivity contribution in [3.05, 3.63) is 84.4 Å². The lowest BCUT2D eigenvalue weighted by Gasteiger charge is -2.18. The van der Waals surface area contributed by atoms with Gasteiger partial charge in [-0.15, -0.1) is 0 Å². The van der Waals surface area contributed by atoms with Gasteiger partial charge in [0, 0.05) is 23.1 Å². The molecule has 0 atom stereocenters. The van der Waals surface area contributed by atoms with Crippen LogP contribution < -0.4 is 24.3 Å². The number of nitrogens with one attached hydrogen (secondary N) is 1. The van der Waals surface area contributed by atoms with Crippen LogP contribution in [0.15, 0.2) is 73.3 Å². The van der Waals surface area contributed by atoms with E-state index in [2.05, 4.69) is 48.3 Å². The highest BCUT2D eigenvalue weighted by Crippen LogP contribution is 2.46. The van der Waals surface area contributed by atoms with E-state index in [1.54, 1.807) is 0 Å². The summed E-state index contributed by atoms with van der Waals surface area (Å²) in [6.07, 6.45) is 1.83. The molecule has 4 aromatic rings. The fourth-order valence-corrected chi connectivity index (χ4v) is 4.35. The van der Waals surface area contributed by atoms with Gasteiger partial charge in [0.25, 0.3) is 0 Å². The lowest BCUT2D eigenvalue weighted by atomic mass is 9.93. The average molecular weight is 423 g/mol. The lowest BCUT2D eigenvalue weighted by molar-refractivity contribution is 0.173. The summed E-state index contributed by atoms with van der Waals surface area (Å²) in [4.78, 5) is 0. The van der Waals surface area contributed by atoms with Crippen molar-refractivity contribution in [3.8, 4) is 34.1 Å². The number of ether oxygens (including phenoxy) is 4. The van der Waals surface area contributed by atoms with Crippen molar-refractivity contribution >= 4 is 22.5 Å². The minimum atomic E-state index is 0.222. The van der Waals surface area contributed by atoms with Crippen molar-refractivity contribution in [2.75, 3.05) is 18.9 Å². The Morgan fingerprint density at radius 2 is 1.53 bits per heavy atom. The zero-order valence-corrected chi connectivity index (χ0v) is 17.4. The predicted molar refractivity (Wildman–Crippen MR) is 125 cm³/mol. The van der Waals surface area contributed by atoms with Gasteiger partial charge in [0.1, 0.15) is 0 Å². The molecule has 0 spiro atoms. The Kier molecular flexibility index (Phi) is 4.39. The molecule has 2 aliphatic heterocycles. The molecule has 0 saturated heterocycles. The van der Waals surface area contributed by atoms with Crippen LogP contribution in [0.4, 0.5) is 5.69 Å². The first-order valence-corrected chi connectivity index (χ1v) is 10.5. The molecule has 5 heteroatoms. The summed E-state index contributed by atoms with van der Waals surface area (Å²) in [5.41, 5.74) is 5.22. The monoisotopic (exact) mass is 423 g/mol. The first-order valence-electron chi connectivity index (χ1n) is 10.5. The van der Waals surface area contributed by atoms with Gasteiger partial charge in [-0.05, 0) is 40.8 Å². The molecule has 2 aliphatic rings. The Bertz CT molecular complexity index is 1350. The molecule has 0 radical (unpaired) electrons.